The van der Waals surface area contributed by atoms with E-state index in [9.17, 15) is 26.0 Å². The third-order valence-electron chi connectivity index (χ3n) is 5.44. The molecule has 0 atom stereocenters. The van der Waals surface area contributed by atoms with Crippen LogP contribution in [-0.2, 0) is 20.0 Å². The number of piperazine rings is 1. The number of carbonyl (C=O) groups is 1. The smallest absolute Gasteiger partial charge is 0.254 e. The number of nitrogens with zero attached hydrogens (tertiary/aromatic N) is 3. The molecule has 8 nitrogen and oxygen atoms in total. The molecule has 166 valence electrons. The summed E-state index contributed by atoms with van der Waals surface area (Å²) in [7, 11) is -7.20. The summed E-state index contributed by atoms with van der Waals surface area (Å²) in [5.74, 6) is -0.830. The number of benzene rings is 2. The highest BCUT2D eigenvalue weighted by Crippen LogP contribution is 2.26. The zero-order valence-electron chi connectivity index (χ0n) is 16.6. The average Bonchev–Trinajstić information content (AvgIpc) is 3.12. The Bertz CT molecular complexity index is 1210. The number of halogens is 1. The number of rotatable bonds is 4. The molecule has 0 aromatic heterocycles. The van der Waals surface area contributed by atoms with E-state index in [1.54, 1.807) is 24.3 Å². The molecule has 2 heterocycles. The van der Waals surface area contributed by atoms with E-state index in [0.29, 0.717) is 24.2 Å². The summed E-state index contributed by atoms with van der Waals surface area (Å²) >= 11 is 0. The molecule has 0 N–H and O–H groups in total. The van der Waals surface area contributed by atoms with Gasteiger partial charge in [0, 0.05) is 38.3 Å². The Kier molecular flexibility index (Phi) is 5.75. The maximum absolute atomic E-state index is 13.4. The Morgan fingerprint density at radius 1 is 0.935 bits per heavy atom. The molecule has 0 radical (unpaired) electrons. The normalized spacial score (nSPS) is 19.5. The molecule has 0 spiro atoms. The minimum Gasteiger partial charge on any atom is -0.336 e. The second kappa shape index (κ2) is 8.21. The van der Waals surface area contributed by atoms with Gasteiger partial charge in [-0.2, -0.15) is 4.31 Å². The first-order valence-electron chi connectivity index (χ1n) is 9.84. The van der Waals surface area contributed by atoms with Crippen LogP contribution in [0.25, 0.3) is 0 Å². The monoisotopic (exact) mass is 467 g/mol. The Morgan fingerprint density at radius 3 is 2.29 bits per heavy atom. The van der Waals surface area contributed by atoms with Crippen LogP contribution >= 0.6 is 0 Å². The molecule has 2 aromatic rings. The van der Waals surface area contributed by atoms with Crippen molar-refractivity contribution in [3.05, 3.63) is 59.9 Å². The first-order chi connectivity index (χ1) is 14.7. The van der Waals surface area contributed by atoms with Crippen molar-refractivity contribution in [3.63, 3.8) is 0 Å². The van der Waals surface area contributed by atoms with Gasteiger partial charge in [0.05, 0.1) is 16.3 Å². The molecular formula is C20H22FN3O5S2. The van der Waals surface area contributed by atoms with Crippen molar-refractivity contribution in [1.82, 2.24) is 9.21 Å². The third kappa shape index (κ3) is 4.30. The summed E-state index contributed by atoms with van der Waals surface area (Å²) in [5, 5.41) is 0. The first kappa shape index (κ1) is 21.7. The van der Waals surface area contributed by atoms with Crippen molar-refractivity contribution < 1.29 is 26.0 Å². The molecule has 2 aromatic carbocycles. The lowest BCUT2D eigenvalue weighted by Crippen LogP contribution is -2.50. The van der Waals surface area contributed by atoms with E-state index in [0.717, 1.165) is 6.07 Å². The Morgan fingerprint density at radius 2 is 1.65 bits per heavy atom. The van der Waals surface area contributed by atoms with E-state index in [2.05, 4.69) is 0 Å². The number of anilines is 1. The molecule has 31 heavy (non-hydrogen) atoms. The highest BCUT2D eigenvalue weighted by atomic mass is 32.2. The molecule has 2 saturated heterocycles. The lowest BCUT2D eigenvalue weighted by atomic mass is 10.1. The van der Waals surface area contributed by atoms with Gasteiger partial charge in [0.15, 0.2) is 0 Å². The highest BCUT2D eigenvalue weighted by molar-refractivity contribution is 7.93. The number of amides is 1. The van der Waals surface area contributed by atoms with Crippen molar-refractivity contribution in [1.29, 1.82) is 0 Å². The maximum Gasteiger partial charge on any atom is 0.254 e. The molecule has 1 amide bonds. The molecule has 4 rings (SSSR count). The molecular weight excluding hydrogens is 445 g/mol. The molecule has 0 saturated carbocycles. The third-order valence-corrected chi connectivity index (χ3v) is 9.20. The van der Waals surface area contributed by atoms with Crippen LogP contribution in [0.4, 0.5) is 10.1 Å². The fourth-order valence-electron chi connectivity index (χ4n) is 3.81. The number of carbonyl (C=O) groups excluding carboxylic acids is 1. The second-order valence-corrected chi connectivity index (χ2v) is 11.4. The fraction of sp³-hybridized carbons (Fsp3) is 0.350. The van der Waals surface area contributed by atoms with Gasteiger partial charge in [-0.05, 0) is 42.8 Å². The van der Waals surface area contributed by atoms with Gasteiger partial charge < -0.3 is 4.90 Å². The minimum absolute atomic E-state index is 0.0881. The van der Waals surface area contributed by atoms with Crippen LogP contribution in [0.2, 0.25) is 0 Å². The second-order valence-electron chi connectivity index (χ2n) is 7.45. The van der Waals surface area contributed by atoms with Crippen molar-refractivity contribution >= 4 is 31.6 Å². The van der Waals surface area contributed by atoms with Crippen LogP contribution in [0, 0.1) is 5.82 Å². The summed E-state index contributed by atoms with van der Waals surface area (Å²) in [5.41, 5.74) is 0.803. The predicted molar refractivity (Wildman–Crippen MR) is 113 cm³/mol. The predicted octanol–water partition coefficient (Wildman–Crippen LogP) is 1.51. The zero-order valence-corrected chi connectivity index (χ0v) is 18.3. The van der Waals surface area contributed by atoms with Crippen LogP contribution in [0.15, 0.2) is 53.4 Å². The quantitative estimate of drug-likeness (QED) is 0.679. The van der Waals surface area contributed by atoms with E-state index in [1.807, 2.05) is 0 Å². The van der Waals surface area contributed by atoms with Gasteiger partial charge in [-0.15, -0.1) is 0 Å². The Labute approximate surface area is 181 Å². The number of hydrogen-bond donors (Lipinski definition) is 0. The lowest BCUT2D eigenvalue weighted by Gasteiger charge is -2.34. The molecule has 0 unspecified atom stereocenters. The lowest BCUT2D eigenvalue weighted by molar-refractivity contribution is 0.0698. The molecule has 2 fully saturated rings. The van der Waals surface area contributed by atoms with Gasteiger partial charge in [0.25, 0.3) is 5.91 Å². The summed E-state index contributed by atoms with van der Waals surface area (Å²) in [4.78, 5) is 14.4. The number of sulfonamides is 2. The van der Waals surface area contributed by atoms with Crippen molar-refractivity contribution in [2.45, 2.75) is 11.3 Å². The van der Waals surface area contributed by atoms with Crippen LogP contribution in [0.3, 0.4) is 0 Å². The molecule has 2 aliphatic rings. The van der Waals surface area contributed by atoms with Gasteiger partial charge in [-0.25, -0.2) is 21.2 Å². The van der Waals surface area contributed by atoms with E-state index in [1.165, 1.54) is 31.7 Å². The summed E-state index contributed by atoms with van der Waals surface area (Å²) in [6, 6.07) is 11.3. The van der Waals surface area contributed by atoms with Gasteiger partial charge in [-0.1, -0.05) is 12.1 Å². The van der Waals surface area contributed by atoms with Gasteiger partial charge in [0.2, 0.25) is 20.0 Å². The molecule has 0 aliphatic carbocycles. The van der Waals surface area contributed by atoms with Crippen LogP contribution < -0.4 is 4.31 Å². The van der Waals surface area contributed by atoms with Gasteiger partial charge in [-0.3, -0.25) is 9.10 Å². The van der Waals surface area contributed by atoms with Crippen LogP contribution in [-0.4, -0.2) is 70.4 Å². The standard InChI is InChI=1S/C20H22FN3O5S2/c21-17-5-2-7-19(15-17)31(28,29)23-11-9-22(10-12-23)20(25)16-4-1-6-18(14-16)24-8-3-13-30(24,26)27/h1-2,4-7,14-15H,3,8-13H2. The SMILES string of the molecule is O=C(c1cccc(N2CCCS2(=O)=O)c1)N1CCN(S(=O)(=O)c2cccc(F)c2)CC1. The topological polar surface area (TPSA) is 95.1 Å². The summed E-state index contributed by atoms with van der Waals surface area (Å²) in [6.07, 6.45) is 0.544. The van der Waals surface area contributed by atoms with E-state index in [4.69, 9.17) is 0 Å². The van der Waals surface area contributed by atoms with E-state index in [-0.39, 0.29) is 42.7 Å². The highest BCUT2D eigenvalue weighted by Gasteiger charge is 2.32. The van der Waals surface area contributed by atoms with E-state index < -0.39 is 25.9 Å². The van der Waals surface area contributed by atoms with Crippen molar-refractivity contribution in [2.24, 2.45) is 0 Å². The van der Waals surface area contributed by atoms with Crippen molar-refractivity contribution in [2.75, 3.05) is 42.8 Å². The van der Waals surface area contributed by atoms with Crippen LogP contribution in [0.1, 0.15) is 16.8 Å². The van der Waals surface area contributed by atoms with Gasteiger partial charge in [0.1, 0.15) is 5.82 Å². The summed E-state index contributed by atoms with van der Waals surface area (Å²) < 4.78 is 65.8. The largest absolute Gasteiger partial charge is 0.336 e. The Balaban J connectivity index is 1.46. The first-order valence-corrected chi connectivity index (χ1v) is 12.9. The maximum atomic E-state index is 13.4. The average molecular weight is 468 g/mol. The molecule has 2 aliphatic heterocycles. The zero-order chi connectivity index (χ0) is 22.2. The van der Waals surface area contributed by atoms with Gasteiger partial charge >= 0.3 is 0 Å². The van der Waals surface area contributed by atoms with E-state index >= 15 is 0 Å². The van der Waals surface area contributed by atoms with Crippen LogP contribution in [0.5, 0.6) is 0 Å². The molecule has 11 heteroatoms. The fourth-order valence-corrected chi connectivity index (χ4v) is 6.82. The van der Waals surface area contributed by atoms with Crippen molar-refractivity contribution in [3.8, 4) is 0 Å². The summed E-state index contributed by atoms with van der Waals surface area (Å²) in [6.45, 7) is 0.922. The minimum atomic E-state index is -3.85. The molecule has 0 bridgehead atoms. The Hall–Kier alpha value is -2.50. The number of hydrogen-bond acceptors (Lipinski definition) is 5.